The molecule has 0 aliphatic heterocycles. The van der Waals surface area contributed by atoms with Crippen molar-refractivity contribution in [2.24, 2.45) is 5.16 Å². The number of carbonyl (C=O) groups is 1. The van der Waals surface area contributed by atoms with E-state index in [4.69, 9.17) is 16.8 Å². The minimum absolute atomic E-state index is 0.0560. The number of hydrogen-bond donors (Lipinski definition) is 1. The maximum absolute atomic E-state index is 12.2. The van der Waals surface area contributed by atoms with E-state index in [-0.39, 0.29) is 10.5 Å². The highest BCUT2D eigenvalue weighted by Gasteiger charge is 2.19. The quantitative estimate of drug-likeness (QED) is 0.521. The van der Waals surface area contributed by atoms with Crippen molar-refractivity contribution in [3.63, 3.8) is 0 Å². The van der Waals surface area contributed by atoms with Crippen LogP contribution in [0.25, 0.3) is 0 Å². The van der Waals surface area contributed by atoms with Gasteiger partial charge in [-0.3, -0.25) is 0 Å². The number of amides is 1. The monoisotopic (exact) mass is 269 g/mol. The third kappa shape index (κ3) is 5.42. The van der Waals surface area contributed by atoms with Crippen LogP contribution in [0.3, 0.4) is 0 Å². The highest BCUT2D eigenvalue weighted by Crippen LogP contribution is 2.11. The molecule has 1 rings (SSSR count). The average Bonchev–Trinajstić information content (AvgIpc) is 2.35. The fraction of sp³-hybridized carbons (Fsp3) is 0.429. The van der Waals surface area contributed by atoms with Gasteiger partial charge in [-0.25, -0.2) is 4.79 Å². The number of rotatable bonds is 3. The first kappa shape index (κ1) is 8.96. The number of benzene rings is 1. The van der Waals surface area contributed by atoms with Crippen molar-refractivity contribution >= 4 is 12.3 Å². The summed E-state index contributed by atoms with van der Waals surface area (Å²) < 4.78 is 43.8. The molecule has 0 aliphatic rings. The van der Waals surface area contributed by atoms with Crippen molar-refractivity contribution in [3.05, 3.63) is 35.4 Å². The van der Waals surface area contributed by atoms with E-state index in [9.17, 15) is 4.79 Å². The molecule has 5 heteroatoms. The van der Waals surface area contributed by atoms with Crippen LogP contribution in [0.1, 0.15) is 38.8 Å². The lowest BCUT2D eigenvalue weighted by Crippen LogP contribution is -2.33. The Morgan fingerprint density at radius 3 is 2.63 bits per heavy atom. The lowest BCUT2D eigenvalue weighted by Gasteiger charge is -2.24. The molecule has 1 aromatic rings. The number of ether oxygens (including phenoxy) is 1. The third-order valence-electron chi connectivity index (χ3n) is 1.93. The molecule has 0 radical (unpaired) electrons. The van der Waals surface area contributed by atoms with E-state index in [1.165, 1.54) is 24.3 Å². The molecule has 0 heterocycles. The minimum atomic E-state index is -3.04. The van der Waals surface area contributed by atoms with Gasteiger partial charge in [-0.2, -0.15) is 0 Å². The molecular weight excluding hydrogens is 244 g/mol. The SMILES string of the molecule is [2H]C([2H])([2H])N(C(=O)OC(C)(C)C)C([2H])([2H])c1ccc(C=NO)cc1. The van der Waals surface area contributed by atoms with Crippen LogP contribution in [0.2, 0.25) is 0 Å². The van der Waals surface area contributed by atoms with E-state index in [0.717, 1.165) is 6.21 Å². The Balaban J connectivity index is 3.27. The van der Waals surface area contributed by atoms with Crippen molar-refractivity contribution in [1.82, 2.24) is 4.90 Å². The molecule has 1 aromatic carbocycles. The Labute approximate surface area is 120 Å². The van der Waals surface area contributed by atoms with Crippen molar-refractivity contribution in [3.8, 4) is 0 Å². The molecule has 0 aliphatic carbocycles. The summed E-state index contributed by atoms with van der Waals surface area (Å²) >= 11 is 0. The molecule has 0 saturated carbocycles. The van der Waals surface area contributed by atoms with Crippen LogP contribution < -0.4 is 0 Å². The second-order valence-electron chi connectivity index (χ2n) is 4.79. The molecule has 0 saturated heterocycles. The van der Waals surface area contributed by atoms with E-state index in [0.29, 0.717) is 5.56 Å². The lowest BCUT2D eigenvalue weighted by atomic mass is 10.1. The fourth-order valence-corrected chi connectivity index (χ4v) is 1.19. The summed E-state index contributed by atoms with van der Waals surface area (Å²) in [5.74, 6) is 0. The second-order valence-corrected chi connectivity index (χ2v) is 4.79. The van der Waals surface area contributed by atoms with Crippen LogP contribution in [-0.4, -0.2) is 35.0 Å². The molecule has 0 atom stereocenters. The van der Waals surface area contributed by atoms with Gasteiger partial charge in [0.05, 0.1) is 8.96 Å². The van der Waals surface area contributed by atoms with Gasteiger partial charge in [0.15, 0.2) is 0 Å². The van der Waals surface area contributed by atoms with Crippen LogP contribution in [-0.2, 0) is 11.2 Å². The highest BCUT2D eigenvalue weighted by molar-refractivity contribution is 5.79. The molecule has 0 aromatic heterocycles. The molecular formula is C14H20N2O3. The van der Waals surface area contributed by atoms with E-state index in [1.807, 2.05) is 0 Å². The molecule has 1 amide bonds. The summed E-state index contributed by atoms with van der Waals surface area (Å²) in [6.45, 7) is -1.01. The van der Waals surface area contributed by atoms with Gasteiger partial charge in [0.25, 0.3) is 0 Å². The van der Waals surface area contributed by atoms with E-state index in [2.05, 4.69) is 5.16 Å². The van der Waals surface area contributed by atoms with Crippen molar-refractivity contribution in [2.45, 2.75) is 32.9 Å². The van der Waals surface area contributed by atoms with Crippen molar-refractivity contribution in [2.75, 3.05) is 6.98 Å². The lowest BCUT2D eigenvalue weighted by molar-refractivity contribution is 0.0285. The normalized spacial score (nSPS) is 16.9. The molecule has 1 N–H and O–H groups in total. The highest BCUT2D eigenvalue weighted by atomic mass is 16.6. The van der Waals surface area contributed by atoms with E-state index >= 15 is 0 Å². The van der Waals surface area contributed by atoms with Gasteiger partial charge in [-0.1, -0.05) is 29.4 Å². The molecule has 0 bridgehead atoms. The van der Waals surface area contributed by atoms with Gasteiger partial charge in [-0.05, 0) is 31.9 Å². The van der Waals surface area contributed by atoms with Gasteiger partial charge >= 0.3 is 6.09 Å². The summed E-state index contributed by atoms with van der Waals surface area (Å²) in [6, 6.07) is 5.47. The van der Waals surface area contributed by atoms with Gasteiger partial charge in [-0.15, -0.1) is 0 Å². The number of carbonyl (C=O) groups excluding carboxylic acids is 1. The Morgan fingerprint density at radius 1 is 1.53 bits per heavy atom. The zero-order chi connectivity index (χ0) is 18.8. The smallest absolute Gasteiger partial charge is 0.410 e. The average molecular weight is 269 g/mol. The first-order chi connectivity index (χ1) is 10.8. The Bertz CT molecular complexity index is 606. The van der Waals surface area contributed by atoms with Crippen LogP contribution in [0.15, 0.2) is 29.4 Å². The van der Waals surface area contributed by atoms with Crippen LogP contribution in [0.4, 0.5) is 4.79 Å². The number of oxime groups is 1. The Hall–Kier alpha value is -2.04. The maximum atomic E-state index is 12.2. The minimum Gasteiger partial charge on any atom is -0.444 e. The third-order valence-corrected chi connectivity index (χ3v) is 1.93. The zero-order valence-corrected chi connectivity index (χ0v) is 11.0. The molecule has 0 unspecified atom stereocenters. The van der Waals surface area contributed by atoms with Crippen LogP contribution in [0, 0.1) is 0 Å². The zero-order valence-electron chi connectivity index (χ0n) is 16.0. The first-order valence-corrected chi connectivity index (χ1v) is 5.60. The summed E-state index contributed by atoms with van der Waals surface area (Å²) in [7, 11) is 0. The number of nitrogens with zero attached hydrogens (tertiary/aromatic N) is 2. The standard InChI is InChI=1S/C14H20N2O3/c1-14(2,3)19-13(17)16(4)10-12-7-5-11(6-8-12)9-15-18/h5-9,18H,10H2,1-4H3/i4D3,10D2. The second kappa shape index (κ2) is 6.22. The Kier molecular flexibility index (Phi) is 2.93. The summed E-state index contributed by atoms with van der Waals surface area (Å²) in [4.78, 5) is 12.3. The molecule has 5 nitrogen and oxygen atoms in total. The molecule has 19 heavy (non-hydrogen) atoms. The van der Waals surface area contributed by atoms with Gasteiger partial charge < -0.3 is 14.8 Å². The van der Waals surface area contributed by atoms with Crippen molar-refractivity contribution in [1.29, 1.82) is 0 Å². The van der Waals surface area contributed by atoms with Crippen LogP contribution in [0.5, 0.6) is 0 Å². The van der Waals surface area contributed by atoms with Crippen LogP contribution >= 0.6 is 0 Å². The predicted molar refractivity (Wildman–Crippen MR) is 73.5 cm³/mol. The van der Waals surface area contributed by atoms with E-state index < -0.39 is 25.2 Å². The topological polar surface area (TPSA) is 62.1 Å². The predicted octanol–water partition coefficient (Wildman–Crippen LogP) is 2.86. The fourth-order valence-electron chi connectivity index (χ4n) is 1.19. The molecule has 0 spiro atoms. The summed E-state index contributed by atoms with van der Waals surface area (Å²) in [5, 5.41) is 11.3. The molecule has 0 fully saturated rings. The van der Waals surface area contributed by atoms with Crippen molar-refractivity contribution < 1.29 is 21.6 Å². The first-order valence-electron chi connectivity index (χ1n) is 8.10. The Morgan fingerprint density at radius 2 is 2.16 bits per heavy atom. The summed E-state index contributed by atoms with van der Waals surface area (Å²) in [6.07, 6.45) is -0.150. The molecule has 104 valence electrons. The largest absolute Gasteiger partial charge is 0.444 e. The van der Waals surface area contributed by atoms with Gasteiger partial charge in [0, 0.05) is 17.6 Å². The van der Waals surface area contributed by atoms with Gasteiger partial charge in [0.2, 0.25) is 0 Å². The maximum Gasteiger partial charge on any atom is 0.410 e. The summed E-state index contributed by atoms with van der Waals surface area (Å²) in [5.41, 5.74) is -0.549. The van der Waals surface area contributed by atoms with E-state index in [1.54, 1.807) is 20.8 Å². The van der Waals surface area contributed by atoms with Gasteiger partial charge in [0.1, 0.15) is 5.60 Å². The number of hydrogen-bond acceptors (Lipinski definition) is 4.